The molecule has 0 aliphatic rings. The summed E-state index contributed by atoms with van der Waals surface area (Å²) >= 11 is 0. The van der Waals surface area contributed by atoms with Gasteiger partial charge in [-0.15, -0.1) is 0 Å². The van der Waals surface area contributed by atoms with Gasteiger partial charge in [0.15, 0.2) is 0 Å². The van der Waals surface area contributed by atoms with Gasteiger partial charge in [0.1, 0.15) is 5.25 Å². The molecule has 0 spiro atoms. The summed E-state index contributed by atoms with van der Waals surface area (Å²) in [6.45, 7) is 2.45. The van der Waals surface area contributed by atoms with Crippen LogP contribution >= 0.6 is 0 Å². The van der Waals surface area contributed by atoms with E-state index in [2.05, 4.69) is 5.32 Å². The van der Waals surface area contributed by atoms with Crippen molar-refractivity contribution in [3.8, 4) is 0 Å². The smallest absolute Gasteiger partial charge is 0.235 e. The first-order chi connectivity index (χ1) is 8.57. The Labute approximate surface area is 109 Å². The molecule has 0 saturated heterocycles. The number of anilines is 1. The molecule has 6 heteroatoms. The zero-order valence-corrected chi connectivity index (χ0v) is 11.3. The van der Waals surface area contributed by atoms with Crippen LogP contribution in [-0.2, 0) is 20.3 Å². The van der Waals surface area contributed by atoms with Crippen molar-refractivity contribution in [2.45, 2.75) is 17.1 Å². The van der Waals surface area contributed by atoms with Gasteiger partial charge in [-0.2, -0.15) is 0 Å². The largest absolute Gasteiger partial charge is 0.398 e. The van der Waals surface area contributed by atoms with Crippen LogP contribution in [0.3, 0.4) is 0 Å². The lowest BCUT2D eigenvalue weighted by Crippen LogP contribution is -2.37. The molecule has 0 aromatic heterocycles. The molecule has 0 saturated carbocycles. The number of carbonyl (C=O) groups excluding carboxylic acids is 1. The first kappa shape index (κ1) is 14.7. The standard InChI is InChI=1S/C12H18N2O3S/c1-9(12(15)14-7-8-17-2)18(16)11-6-4-3-5-10(11)13/h3-6,9H,7-8,13H2,1-2H3,(H,14,15). The maximum Gasteiger partial charge on any atom is 0.235 e. The minimum atomic E-state index is -1.45. The minimum Gasteiger partial charge on any atom is -0.398 e. The van der Waals surface area contributed by atoms with Gasteiger partial charge in [0, 0.05) is 19.3 Å². The van der Waals surface area contributed by atoms with Crippen LogP contribution in [-0.4, -0.2) is 35.6 Å². The Morgan fingerprint density at radius 2 is 2.17 bits per heavy atom. The molecule has 1 aromatic carbocycles. The molecule has 0 heterocycles. The third-order valence-electron chi connectivity index (χ3n) is 2.43. The maximum atomic E-state index is 12.2. The highest BCUT2D eigenvalue weighted by molar-refractivity contribution is 7.86. The average Bonchev–Trinajstić information content (AvgIpc) is 2.38. The van der Waals surface area contributed by atoms with E-state index in [-0.39, 0.29) is 5.91 Å². The van der Waals surface area contributed by atoms with Crippen molar-refractivity contribution in [3.05, 3.63) is 24.3 Å². The molecule has 0 radical (unpaired) electrons. The van der Waals surface area contributed by atoms with E-state index in [4.69, 9.17) is 10.5 Å². The van der Waals surface area contributed by atoms with E-state index >= 15 is 0 Å². The summed E-state index contributed by atoms with van der Waals surface area (Å²) in [5, 5.41) is 2.01. The highest BCUT2D eigenvalue weighted by Gasteiger charge is 2.22. The molecule has 18 heavy (non-hydrogen) atoms. The molecule has 0 fully saturated rings. The van der Waals surface area contributed by atoms with Crippen LogP contribution in [0.15, 0.2) is 29.2 Å². The second kappa shape index (κ2) is 7.13. The number of hydrogen-bond acceptors (Lipinski definition) is 4. The van der Waals surface area contributed by atoms with Crippen molar-refractivity contribution in [1.82, 2.24) is 5.32 Å². The quantitative estimate of drug-likeness (QED) is 0.583. The molecule has 100 valence electrons. The number of para-hydroxylation sites is 1. The molecule has 2 unspecified atom stereocenters. The first-order valence-corrected chi connectivity index (χ1v) is 6.81. The predicted molar refractivity (Wildman–Crippen MR) is 71.6 cm³/mol. The van der Waals surface area contributed by atoms with Gasteiger partial charge in [0.05, 0.1) is 22.3 Å². The third kappa shape index (κ3) is 3.82. The Morgan fingerprint density at radius 1 is 1.50 bits per heavy atom. The third-order valence-corrected chi connectivity index (χ3v) is 4.09. The Bertz CT molecular complexity index is 437. The fourth-order valence-electron chi connectivity index (χ4n) is 1.37. The van der Waals surface area contributed by atoms with Crippen molar-refractivity contribution in [2.75, 3.05) is 26.0 Å². The molecule has 1 aromatic rings. The van der Waals surface area contributed by atoms with Crippen LogP contribution in [0, 0.1) is 0 Å². The molecule has 2 atom stereocenters. The summed E-state index contributed by atoms with van der Waals surface area (Å²) in [4.78, 5) is 12.2. The first-order valence-electron chi connectivity index (χ1n) is 5.59. The van der Waals surface area contributed by atoms with Gasteiger partial charge in [0.2, 0.25) is 5.91 Å². The van der Waals surface area contributed by atoms with E-state index in [9.17, 15) is 9.00 Å². The average molecular weight is 270 g/mol. The lowest BCUT2D eigenvalue weighted by atomic mass is 10.3. The Hall–Kier alpha value is -1.40. The van der Waals surface area contributed by atoms with E-state index in [1.54, 1.807) is 38.3 Å². The SMILES string of the molecule is COCCNC(=O)C(C)S(=O)c1ccccc1N. The Kier molecular flexibility index (Phi) is 5.80. The summed E-state index contributed by atoms with van der Waals surface area (Å²) in [7, 11) is 0.101. The maximum absolute atomic E-state index is 12.2. The molecular formula is C12H18N2O3S. The van der Waals surface area contributed by atoms with Crippen LogP contribution in [0.4, 0.5) is 5.69 Å². The van der Waals surface area contributed by atoms with Crippen LogP contribution in [0.5, 0.6) is 0 Å². The Morgan fingerprint density at radius 3 is 2.78 bits per heavy atom. The fourth-order valence-corrected chi connectivity index (χ4v) is 2.54. The predicted octanol–water partition coefficient (Wildman–Crippen LogP) is 0.527. The monoisotopic (exact) mass is 270 g/mol. The molecule has 1 amide bonds. The number of nitrogen functional groups attached to an aromatic ring is 1. The number of nitrogens with one attached hydrogen (secondary N) is 1. The van der Waals surface area contributed by atoms with Gasteiger partial charge in [0.25, 0.3) is 0 Å². The molecule has 1 rings (SSSR count). The summed E-state index contributed by atoms with van der Waals surface area (Å²) in [5.74, 6) is -0.270. The number of rotatable bonds is 6. The fraction of sp³-hybridized carbons (Fsp3) is 0.417. The van der Waals surface area contributed by atoms with Crippen molar-refractivity contribution < 1.29 is 13.7 Å². The molecule has 0 aliphatic heterocycles. The van der Waals surface area contributed by atoms with Gasteiger partial charge in [-0.05, 0) is 19.1 Å². The summed E-state index contributed by atoms with van der Waals surface area (Å²) in [6.07, 6.45) is 0. The second-order valence-corrected chi connectivity index (χ2v) is 5.50. The van der Waals surface area contributed by atoms with Crippen LogP contribution in [0.1, 0.15) is 6.92 Å². The lowest BCUT2D eigenvalue weighted by Gasteiger charge is -2.13. The number of ether oxygens (including phenoxy) is 1. The van der Waals surface area contributed by atoms with Gasteiger partial charge in [-0.3, -0.25) is 9.00 Å². The van der Waals surface area contributed by atoms with Crippen LogP contribution in [0.25, 0.3) is 0 Å². The van der Waals surface area contributed by atoms with E-state index < -0.39 is 16.0 Å². The number of carbonyl (C=O) groups is 1. The number of methoxy groups -OCH3 is 1. The van der Waals surface area contributed by atoms with Crippen molar-refractivity contribution in [1.29, 1.82) is 0 Å². The molecule has 3 N–H and O–H groups in total. The van der Waals surface area contributed by atoms with Crippen LogP contribution < -0.4 is 11.1 Å². The van der Waals surface area contributed by atoms with E-state index in [0.29, 0.717) is 23.7 Å². The van der Waals surface area contributed by atoms with Crippen LogP contribution in [0.2, 0.25) is 0 Å². The van der Waals surface area contributed by atoms with E-state index in [0.717, 1.165) is 0 Å². The highest BCUT2D eigenvalue weighted by Crippen LogP contribution is 2.18. The molecule has 0 bridgehead atoms. The van der Waals surface area contributed by atoms with Crippen molar-refractivity contribution in [2.24, 2.45) is 0 Å². The van der Waals surface area contributed by atoms with Crippen molar-refractivity contribution >= 4 is 22.4 Å². The van der Waals surface area contributed by atoms with Crippen molar-refractivity contribution in [3.63, 3.8) is 0 Å². The summed E-state index contributed by atoms with van der Waals surface area (Å²) < 4.78 is 17.0. The van der Waals surface area contributed by atoms with Gasteiger partial charge in [-0.1, -0.05) is 12.1 Å². The molecule has 5 nitrogen and oxygen atoms in total. The van der Waals surface area contributed by atoms with E-state index in [1.807, 2.05) is 0 Å². The number of hydrogen-bond donors (Lipinski definition) is 2. The van der Waals surface area contributed by atoms with Gasteiger partial charge >= 0.3 is 0 Å². The number of benzene rings is 1. The zero-order chi connectivity index (χ0) is 13.5. The zero-order valence-electron chi connectivity index (χ0n) is 10.5. The van der Waals surface area contributed by atoms with E-state index in [1.165, 1.54) is 0 Å². The van der Waals surface area contributed by atoms with Gasteiger partial charge in [-0.25, -0.2) is 0 Å². The Balaban J connectivity index is 2.67. The minimum absolute atomic E-state index is 0.270. The second-order valence-electron chi connectivity index (χ2n) is 3.76. The summed E-state index contributed by atoms with van der Waals surface area (Å²) in [5.41, 5.74) is 6.17. The molecular weight excluding hydrogens is 252 g/mol. The number of nitrogens with two attached hydrogens (primary N) is 1. The summed E-state index contributed by atoms with van der Waals surface area (Å²) in [6, 6.07) is 6.85. The molecule has 0 aliphatic carbocycles. The highest BCUT2D eigenvalue weighted by atomic mass is 32.2. The lowest BCUT2D eigenvalue weighted by molar-refractivity contribution is -0.120. The normalized spacial score (nSPS) is 13.9. The van der Waals surface area contributed by atoms with Gasteiger partial charge < -0.3 is 15.8 Å². The topological polar surface area (TPSA) is 81.4 Å². The number of amides is 1.